The van der Waals surface area contributed by atoms with Gasteiger partial charge >= 0.3 is 0 Å². The van der Waals surface area contributed by atoms with Crippen LogP contribution in [0, 0.1) is 12.8 Å². The quantitative estimate of drug-likeness (QED) is 0.740. The van der Waals surface area contributed by atoms with Gasteiger partial charge in [-0.25, -0.2) is 0 Å². The lowest BCUT2D eigenvalue weighted by Gasteiger charge is -2.07. The van der Waals surface area contributed by atoms with Crippen LogP contribution in [0.3, 0.4) is 0 Å². The highest BCUT2D eigenvalue weighted by atomic mass is 16.5. The molecule has 0 amide bonds. The number of ketones is 1. The summed E-state index contributed by atoms with van der Waals surface area (Å²) in [5.74, 6) is 1.19. The predicted molar refractivity (Wildman–Crippen MR) is 61.1 cm³/mol. The molecule has 0 aliphatic carbocycles. The molecule has 0 heterocycles. The first-order valence-corrected chi connectivity index (χ1v) is 5.32. The van der Waals surface area contributed by atoms with Crippen molar-refractivity contribution in [2.24, 2.45) is 5.92 Å². The maximum absolute atomic E-state index is 11.3. The lowest BCUT2D eigenvalue weighted by molar-refractivity contribution is -0.122. The number of hydrogen-bond donors (Lipinski definition) is 0. The Balaban J connectivity index is 2.32. The molecule has 1 aromatic carbocycles. The van der Waals surface area contributed by atoms with Gasteiger partial charge in [0.1, 0.15) is 11.5 Å². The molecule has 0 unspecified atom stereocenters. The van der Waals surface area contributed by atoms with Gasteiger partial charge in [0.2, 0.25) is 0 Å². The topological polar surface area (TPSA) is 26.3 Å². The van der Waals surface area contributed by atoms with Crippen molar-refractivity contribution in [3.63, 3.8) is 0 Å². The molecule has 1 aromatic rings. The van der Waals surface area contributed by atoms with Gasteiger partial charge in [0.15, 0.2) is 0 Å². The van der Waals surface area contributed by atoms with Gasteiger partial charge in [-0.3, -0.25) is 4.79 Å². The molecule has 0 spiro atoms. The summed E-state index contributed by atoms with van der Waals surface area (Å²) in [7, 11) is 0. The first-order chi connectivity index (χ1) is 7.09. The average molecular weight is 206 g/mol. The van der Waals surface area contributed by atoms with Crippen LogP contribution in [0.15, 0.2) is 24.3 Å². The summed E-state index contributed by atoms with van der Waals surface area (Å²) >= 11 is 0. The van der Waals surface area contributed by atoms with Crippen LogP contribution in [0.4, 0.5) is 0 Å². The van der Waals surface area contributed by atoms with Crippen LogP contribution in [0.25, 0.3) is 0 Å². The molecule has 0 atom stereocenters. The fraction of sp³-hybridized carbons (Fsp3) is 0.462. The number of carbonyl (C=O) groups excluding carboxylic acids is 1. The van der Waals surface area contributed by atoms with E-state index in [1.165, 1.54) is 5.56 Å². The maximum atomic E-state index is 11.3. The summed E-state index contributed by atoms with van der Waals surface area (Å²) in [5.41, 5.74) is 1.21. The summed E-state index contributed by atoms with van der Waals surface area (Å²) in [6.07, 6.45) is 0.492. The fourth-order valence-electron chi connectivity index (χ4n) is 1.19. The SMILES string of the molecule is Cc1ccc(OCCC(=O)C(C)C)cc1. The van der Waals surface area contributed by atoms with Gasteiger partial charge < -0.3 is 4.74 Å². The second-order valence-corrected chi connectivity index (χ2v) is 4.03. The summed E-state index contributed by atoms with van der Waals surface area (Å²) in [6.45, 7) is 6.33. The molecule has 2 nitrogen and oxygen atoms in total. The van der Waals surface area contributed by atoms with E-state index in [2.05, 4.69) is 0 Å². The minimum Gasteiger partial charge on any atom is -0.493 e. The molecule has 82 valence electrons. The molecule has 2 heteroatoms. The van der Waals surface area contributed by atoms with Crippen molar-refractivity contribution in [3.05, 3.63) is 29.8 Å². The van der Waals surface area contributed by atoms with E-state index in [1.54, 1.807) is 0 Å². The Morgan fingerprint density at radius 2 is 1.87 bits per heavy atom. The van der Waals surface area contributed by atoms with Crippen LogP contribution in [0.2, 0.25) is 0 Å². The van der Waals surface area contributed by atoms with Gasteiger partial charge in [-0.05, 0) is 19.1 Å². The Bertz CT molecular complexity index is 312. The number of rotatable bonds is 5. The molecule has 0 aliphatic rings. The number of ether oxygens (including phenoxy) is 1. The second kappa shape index (κ2) is 5.54. The Kier molecular flexibility index (Phi) is 4.35. The van der Waals surface area contributed by atoms with Crippen molar-refractivity contribution in [2.45, 2.75) is 27.2 Å². The van der Waals surface area contributed by atoms with Gasteiger partial charge in [-0.15, -0.1) is 0 Å². The molecular formula is C13H18O2. The van der Waals surface area contributed by atoms with Crippen molar-refractivity contribution >= 4 is 5.78 Å². The van der Waals surface area contributed by atoms with E-state index in [-0.39, 0.29) is 11.7 Å². The van der Waals surface area contributed by atoms with Crippen LogP contribution >= 0.6 is 0 Å². The predicted octanol–water partition coefficient (Wildman–Crippen LogP) is 2.99. The molecule has 1 rings (SSSR count). The molecule has 0 aliphatic heterocycles. The molecule has 0 saturated heterocycles. The zero-order chi connectivity index (χ0) is 11.3. The normalized spacial score (nSPS) is 10.4. The zero-order valence-corrected chi connectivity index (χ0v) is 9.62. The molecule has 0 fully saturated rings. The largest absolute Gasteiger partial charge is 0.493 e. The lowest BCUT2D eigenvalue weighted by Crippen LogP contribution is -2.11. The number of aryl methyl sites for hydroxylation is 1. The van der Waals surface area contributed by atoms with Crippen molar-refractivity contribution in [3.8, 4) is 5.75 Å². The van der Waals surface area contributed by atoms with Gasteiger partial charge in [0.25, 0.3) is 0 Å². The Morgan fingerprint density at radius 1 is 1.27 bits per heavy atom. The van der Waals surface area contributed by atoms with Gasteiger partial charge in [0.05, 0.1) is 6.61 Å². The highest BCUT2D eigenvalue weighted by molar-refractivity contribution is 5.80. The standard InChI is InChI=1S/C13H18O2/c1-10(2)13(14)8-9-15-12-6-4-11(3)5-7-12/h4-7,10H,8-9H2,1-3H3. The van der Waals surface area contributed by atoms with E-state index < -0.39 is 0 Å². The molecule has 0 aromatic heterocycles. The number of carbonyl (C=O) groups is 1. The first-order valence-electron chi connectivity index (χ1n) is 5.32. The van der Waals surface area contributed by atoms with E-state index >= 15 is 0 Å². The van der Waals surface area contributed by atoms with Gasteiger partial charge in [-0.1, -0.05) is 31.5 Å². The summed E-state index contributed by atoms with van der Waals surface area (Å²) in [6, 6.07) is 7.85. The number of hydrogen-bond acceptors (Lipinski definition) is 2. The third-order valence-corrected chi connectivity index (χ3v) is 2.28. The smallest absolute Gasteiger partial charge is 0.138 e. The van der Waals surface area contributed by atoms with E-state index in [0.29, 0.717) is 13.0 Å². The van der Waals surface area contributed by atoms with E-state index in [1.807, 2.05) is 45.0 Å². The second-order valence-electron chi connectivity index (χ2n) is 4.03. The van der Waals surface area contributed by atoms with E-state index in [0.717, 1.165) is 5.75 Å². The van der Waals surface area contributed by atoms with Crippen LogP contribution in [0.5, 0.6) is 5.75 Å². The van der Waals surface area contributed by atoms with Crippen molar-refractivity contribution < 1.29 is 9.53 Å². The Hall–Kier alpha value is -1.31. The van der Waals surface area contributed by atoms with Crippen molar-refractivity contribution in [1.29, 1.82) is 0 Å². The van der Waals surface area contributed by atoms with Crippen LogP contribution < -0.4 is 4.74 Å². The van der Waals surface area contributed by atoms with Crippen LogP contribution in [-0.4, -0.2) is 12.4 Å². The monoisotopic (exact) mass is 206 g/mol. The Morgan fingerprint density at radius 3 is 2.40 bits per heavy atom. The lowest BCUT2D eigenvalue weighted by atomic mass is 10.1. The minimum absolute atomic E-state index is 0.103. The van der Waals surface area contributed by atoms with Crippen LogP contribution in [-0.2, 0) is 4.79 Å². The molecule has 0 bridgehead atoms. The third-order valence-electron chi connectivity index (χ3n) is 2.28. The average Bonchev–Trinajstić information content (AvgIpc) is 2.20. The highest BCUT2D eigenvalue weighted by Crippen LogP contribution is 2.11. The fourth-order valence-corrected chi connectivity index (χ4v) is 1.19. The minimum atomic E-state index is 0.103. The molecule has 0 saturated carbocycles. The van der Waals surface area contributed by atoms with E-state index in [4.69, 9.17) is 4.74 Å². The molecule has 0 N–H and O–H groups in total. The van der Waals surface area contributed by atoms with Crippen molar-refractivity contribution in [2.75, 3.05) is 6.61 Å². The summed E-state index contributed by atoms with van der Waals surface area (Å²) in [4.78, 5) is 11.3. The zero-order valence-electron chi connectivity index (χ0n) is 9.62. The maximum Gasteiger partial charge on any atom is 0.138 e. The van der Waals surface area contributed by atoms with Crippen molar-refractivity contribution in [1.82, 2.24) is 0 Å². The number of Topliss-reactive ketones (excluding diaryl/α,β-unsaturated/α-hetero) is 1. The molecular weight excluding hydrogens is 188 g/mol. The highest BCUT2D eigenvalue weighted by Gasteiger charge is 2.06. The Labute approximate surface area is 91.3 Å². The van der Waals surface area contributed by atoms with Crippen LogP contribution in [0.1, 0.15) is 25.8 Å². The molecule has 0 radical (unpaired) electrons. The molecule has 15 heavy (non-hydrogen) atoms. The van der Waals surface area contributed by atoms with E-state index in [9.17, 15) is 4.79 Å². The number of benzene rings is 1. The summed E-state index contributed by atoms with van der Waals surface area (Å²) < 4.78 is 5.46. The van der Waals surface area contributed by atoms with Gasteiger partial charge in [0, 0.05) is 12.3 Å². The third kappa shape index (κ3) is 4.15. The summed E-state index contributed by atoms with van der Waals surface area (Å²) in [5, 5.41) is 0. The first kappa shape index (κ1) is 11.8. The van der Waals surface area contributed by atoms with Gasteiger partial charge in [-0.2, -0.15) is 0 Å².